The highest BCUT2D eigenvalue weighted by molar-refractivity contribution is 6.28. The van der Waals surface area contributed by atoms with E-state index in [1.54, 1.807) is 0 Å². The summed E-state index contributed by atoms with van der Waals surface area (Å²) in [6.45, 7) is 0. The van der Waals surface area contributed by atoms with E-state index < -0.39 is 0 Å². The zero-order valence-corrected chi connectivity index (χ0v) is 26.5. The zero-order valence-electron chi connectivity index (χ0n) is 26.5. The SMILES string of the molecule is c1ccc(-n2c3ccccc3c3cc(-c4ccc5c(c4)c4c6c(ccc4n5-c4cccc5ccccc45)oc4ccccc46)ccc32)cc1. The summed E-state index contributed by atoms with van der Waals surface area (Å²) < 4.78 is 11.2. The number of aromatic nitrogens is 2. The largest absolute Gasteiger partial charge is 0.456 e. The zero-order chi connectivity index (χ0) is 32.1. The smallest absolute Gasteiger partial charge is 0.136 e. The van der Waals surface area contributed by atoms with Crippen LogP contribution < -0.4 is 0 Å². The van der Waals surface area contributed by atoms with Gasteiger partial charge in [-0.15, -0.1) is 0 Å². The highest BCUT2D eigenvalue weighted by Crippen LogP contribution is 2.43. The van der Waals surface area contributed by atoms with Crippen molar-refractivity contribution in [1.29, 1.82) is 0 Å². The Balaban J connectivity index is 1.22. The van der Waals surface area contributed by atoms with Gasteiger partial charge in [-0.2, -0.15) is 0 Å². The van der Waals surface area contributed by atoms with Gasteiger partial charge in [-0.05, 0) is 83.2 Å². The van der Waals surface area contributed by atoms with Crippen LogP contribution in [0.3, 0.4) is 0 Å². The first-order chi connectivity index (χ1) is 24.3. The fraction of sp³-hybridized carbons (Fsp3) is 0. The molecule has 0 unspecified atom stereocenters. The Morgan fingerprint density at radius 2 is 0.980 bits per heavy atom. The molecule has 0 spiro atoms. The number of hydrogen-bond donors (Lipinski definition) is 0. The van der Waals surface area contributed by atoms with E-state index in [9.17, 15) is 0 Å². The summed E-state index contributed by atoms with van der Waals surface area (Å²) in [5.74, 6) is 0. The van der Waals surface area contributed by atoms with E-state index >= 15 is 0 Å². The van der Waals surface area contributed by atoms with Crippen LogP contribution in [0, 0.1) is 0 Å². The second-order valence-corrected chi connectivity index (χ2v) is 12.9. The highest BCUT2D eigenvalue weighted by atomic mass is 16.3. The molecule has 11 rings (SSSR count). The van der Waals surface area contributed by atoms with E-state index in [0.29, 0.717) is 0 Å². The van der Waals surface area contributed by atoms with Crippen molar-refractivity contribution in [3.05, 3.63) is 170 Å². The number of para-hydroxylation sites is 3. The lowest BCUT2D eigenvalue weighted by Crippen LogP contribution is -1.95. The Kier molecular flexibility index (Phi) is 5.38. The molecule has 11 aromatic rings. The molecular formula is C46H28N2O. The lowest BCUT2D eigenvalue weighted by atomic mass is 9.99. The summed E-state index contributed by atoms with van der Waals surface area (Å²) in [5, 5.41) is 9.69. The van der Waals surface area contributed by atoms with Crippen molar-refractivity contribution < 1.29 is 4.42 Å². The number of furan rings is 1. The molecule has 0 aliphatic heterocycles. The van der Waals surface area contributed by atoms with Gasteiger partial charge in [0.15, 0.2) is 0 Å². The first-order valence-electron chi connectivity index (χ1n) is 16.8. The Morgan fingerprint density at radius 3 is 1.84 bits per heavy atom. The van der Waals surface area contributed by atoms with Crippen LogP contribution in [0.2, 0.25) is 0 Å². The van der Waals surface area contributed by atoms with Crippen molar-refractivity contribution in [3.8, 4) is 22.5 Å². The van der Waals surface area contributed by atoms with Gasteiger partial charge in [0, 0.05) is 43.4 Å². The predicted molar refractivity (Wildman–Crippen MR) is 205 cm³/mol. The number of fused-ring (bicyclic) bond motifs is 11. The standard InChI is InChI=1S/C46H28N2O/c1-2-13-32(14-3-1)47-39-18-8-6-16-34(39)36-27-30(21-23-40(36)47)31-22-24-41-37(28-31)45-42(25-26-44-46(45)35-17-7-9-20-43(35)49-44)48(41)38-19-10-12-29-11-4-5-15-33(29)38/h1-28H. The molecule has 0 aliphatic carbocycles. The maximum absolute atomic E-state index is 6.43. The van der Waals surface area contributed by atoms with Gasteiger partial charge in [-0.25, -0.2) is 0 Å². The first-order valence-corrected chi connectivity index (χ1v) is 16.8. The number of benzene rings is 8. The average molecular weight is 625 g/mol. The normalized spacial score (nSPS) is 12.1. The van der Waals surface area contributed by atoms with E-state index in [1.165, 1.54) is 76.9 Å². The summed E-state index contributed by atoms with van der Waals surface area (Å²) in [5.41, 5.74) is 11.3. The quantitative estimate of drug-likeness (QED) is 0.192. The van der Waals surface area contributed by atoms with Crippen LogP contribution in [0.4, 0.5) is 0 Å². The molecule has 8 aromatic carbocycles. The Hall–Kier alpha value is -6.58. The van der Waals surface area contributed by atoms with E-state index in [1.807, 2.05) is 6.07 Å². The van der Waals surface area contributed by atoms with Gasteiger partial charge in [0.1, 0.15) is 11.2 Å². The summed E-state index contributed by atoms with van der Waals surface area (Å²) in [4.78, 5) is 0. The Bertz CT molecular complexity index is 3100. The van der Waals surface area contributed by atoms with Crippen molar-refractivity contribution in [1.82, 2.24) is 9.13 Å². The van der Waals surface area contributed by atoms with Crippen LogP contribution in [-0.2, 0) is 0 Å². The number of hydrogen-bond acceptors (Lipinski definition) is 1. The maximum atomic E-state index is 6.43. The van der Waals surface area contributed by atoms with Crippen molar-refractivity contribution >= 4 is 76.3 Å². The molecule has 3 nitrogen and oxygen atoms in total. The lowest BCUT2D eigenvalue weighted by molar-refractivity contribution is 0.669. The fourth-order valence-electron chi connectivity index (χ4n) is 8.18. The van der Waals surface area contributed by atoms with E-state index in [4.69, 9.17) is 4.42 Å². The number of nitrogens with zero attached hydrogens (tertiary/aromatic N) is 2. The molecule has 0 N–H and O–H groups in total. The minimum Gasteiger partial charge on any atom is -0.456 e. The molecule has 0 saturated carbocycles. The van der Waals surface area contributed by atoms with Crippen LogP contribution >= 0.6 is 0 Å². The maximum Gasteiger partial charge on any atom is 0.136 e. The van der Waals surface area contributed by atoms with Gasteiger partial charge in [0.2, 0.25) is 0 Å². The molecule has 0 atom stereocenters. The minimum atomic E-state index is 0.909. The monoisotopic (exact) mass is 624 g/mol. The summed E-state index contributed by atoms with van der Waals surface area (Å²) in [6.07, 6.45) is 0. The second-order valence-electron chi connectivity index (χ2n) is 12.9. The van der Waals surface area contributed by atoms with Crippen LogP contribution in [0.5, 0.6) is 0 Å². The van der Waals surface area contributed by atoms with Crippen molar-refractivity contribution in [2.75, 3.05) is 0 Å². The van der Waals surface area contributed by atoms with Gasteiger partial charge in [0.05, 0.1) is 27.8 Å². The number of rotatable bonds is 3. The predicted octanol–water partition coefficient (Wildman–Crippen LogP) is 12.6. The molecule has 49 heavy (non-hydrogen) atoms. The van der Waals surface area contributed by atoms with Gasteiger partial charge < -0.3 is 13.6 Å². The topological polar surface area (TPSA) is 23.0 Å². The molecule has 3 heterocycles. The van der Waals surface area contributed by atoms with Crippen LogP contribution in [0.15, 0.2) is 174 Å². The highest BCUT2D eigenvalue weighted by Gasteiger charge is 2.21. The van der Waals surface area contributed by atoms with Crippen molar-refractivity contribution in [2.45, 2.75) is 0 Å². The molecule has 0 saturated heterocycles. The van der Waals surface area contributed by atoms with E-state index in [-0.39, 0.29) is 0 Å². The molecule has 228 valence electrons. The molecule has 0 fully saturated rings. The second kappa shape index (κ2) is 9.96. The van der Waals surface area contributed by atoms with Crippen LogP contribution in [0.1, 0.15) is 0 Å². The lowest BCUT2D eigenvalue weighted by Gasteiger charge is -2.12. The van der Waals surface area contributed by atoms with Crippen LogP contribution in [-0.4, -0.2) is 9.13 Å². The molecular weight excluding hydrogens is 597 g/mol. The molecule has 0 aliphatic rings. The van der Waals surface area contributed by atoms with Crippen LogP contribution in [0.25, 0.3) is 98.8 Å². The van der Waals surface area contributed by atoms with E-state index in [2.05, 4.69) is 173 Å². The third-order valence-electron chi connectivity index (χ3n) is 10.3. The summed E-state index contributed by atoms with van der Waals surface area (Å²) in [6, 6.07) is 61.3. The van der Waals surface area contributed by atoms with Crippen molar-refractivity contribution in [2.24, 2.45) is 0 Å². The third-order valence-corrected chi connectivity index (χ3v) is 10.3. The van der Waals surface area contributed by atoms with E-state index in [0.717, 1.165) is 21.9 Å². The third kappa shape index (κ3) is 3.73. The average Bonchev–Trinajstić information content (AvgIpc) is 3.82. The van der Waals surface area contributed by atoms with Crippen molar-refractivity contribution in [3.63, 3.8) is 0 Å². The molecule has 0 amide bonds. The van der Waals surface area contributed by atoms with Gasteiger partial charge in [0.25, 0.3) is 0 Å². The Labute approximate surface area is 281 Å². The summed E-state index contributed by atoms with van der Waals surface area (Å²) >= 11 is 0. The molecule has 0 radical (unpaired) electrons. The summed E-state index contributed by atoms with van der Waals surface area (Å²) in [7, 11) is 0. The minimum absolute atomic E-state index is 0.909. The molecule has 3 heteroatoms. The Morgan fingerprint density at radius 1 is 0.347 bits per heavy atom. The van der Waals surface area contributed by atoms with Gasteiger partial charge in [-0.1, -0.05) is 103 Å². The molecule has 3 aromatic heterocycles. The fourth-order valence-corrected chi connectivity index (χ4v) is 8.18. The molecule has 0 bridgehead atoms. The first kappa shape index (κ1) is 26.5. The van der Waals surface area contributed by atoms with Gasteiger partial charge in [-0.3, -0.25) is 0 Å². The van der Waals surface area contributed by atoms with Gasteiger partial charge >= 0.3 is 0 Å².